The number of hydrogen-bond donors (Lipinski definition) is 2. The Balaban J connectivity index is 2.41. The van der Waals surface area contributed by atoms with Gasteiger partial charge in [-0.3, -0.25) is 0 Å². The zero-order valence-electron chi connectivity index (χ0n) is 5.67. The molecule has 4 heteroatoms. The van der Waals surface area contributed by atoms with Crippen LogP contribution in [-0.2, 0) is 13.1 Å². The number of imidazole rings is 1. The molecular formula is C6H10N4. The maximum Gasteiger partial charge on any atom is 0.141 e. The van der Waals surface area contributed by atoms with Gasteiger partial charge in [-0.25, -0.2) is 4.98 Å². The summed E-state index contributed by atoms with van der Waals surface area (Å²) in [6.45, 7) is 2.85. The quantitative estimate of drug-likeness (QED) is 0.511. The van der Waals surface area contributed by atoms with E-state index in [1.807, 2.05) is 6.20 Å². The van der Waals surface area contributed by atoms with Crippen molar-refractivity contribution in [2.24, 2.45) is 0 Å². The molecule has 1 aliphatic heterocycles. The van der Waals surface area contributed by atoms with E-state index in [2.05, 4.69) is 14.9 Å². The Kier molecular flexibility index (Phi) is 1.14. The van der Waals surface area contributed by atoms with Crippen LogP contribution in [0, 0.1) is 0 Å². The van der Waals surface area contributed by atoms with Crippen molar-refractivity contribution in [1.82, 2.24) is 14.9 Å². The Morgan fingerprint density at radius 3 is 3.40 bits per heavy atom. The van der Waals surface area contributed by atoms with Crippen LogP contribution in [0.25, 0.3) is 0 Å². The molecule has 0 atom stereocenters. The maximum atomic E-state index is 5.50. The van der Waals surface area contributed by atoms with Crippen molar-refractivity contribution in [3.05, 3.63) is 12.0 Å². The van der Waals surface area contributed by atoms with Gasteiger partial charge in [0.2, 0.25) is 0 Å². The maximum absolute atomic E-state index is 5.50. The molecule has 2 rings (SSSR count). The van der Waals surface area contributed by atoms with Crippen LogP contribution in [0.4, 0.5) is 5.82 Å². The average Bonchev–Trinajstić information content (AvgIpc) is 2.27. The van der Waals surface area contributed by atoms with Gasteiger partial charge in [0.25, 0.3) is 0 Å². The van der Waals surface area contributed by atoms with Crippen LogP contribution in [0.15, 0.2) is 6.20 Å². The fourth-order valence-corrected chi connectivity index (χ4v) is 1.21. The molecular weight excluding hydrogens is 128 g/mol. The molecule has 2 heterocycles. The van der Waals surface area contributed by atoms with Crippen LogP contribution < -0.4 is 11.1 Å². The Morgan fingerprint density at radius 1 is 1.70 bits per heavy atom. The van der Waals surface area contributed by atoms with Gasteiger partial charge >= 0.3 is 0 Å². The van der Waals surface area contributed by atoms with E-state index < -0.39 is 0 Å². The molecule has 0 unspecified atom stereocenters. The highest BCUT2D eigenvalue weighted by molar-refractivity contribution is 5.26. The smallest absolute Gasteiger partial charge is 0.141 e. The van der Waals surface area contributed by atoms with Gasteiger partial charge in [0, 0.05) is 19.3 Å². The summed E-state index contributed by atoms with van der Waals surface area (Å²) in [6, 6.07) is 0. The summed E-state index contributed by atoms with van der Waals surface area (Å²) < 4.78 is 2.09. The molecule has 0 saturated heterocycles. The van der Waals surface area contributed by atoms with E-state index in [-0.39, 0.29) is 0 Å². The van der Waals surface area contributed by atoms with E-state index in [1.165, 1.54) is 0 Å². The Labute approximate surface area is 59.0 Å². The van der Waals surface area contributed by atoms with Gasteiger partial charge < -0.3 is 15.6 Å². The third-order valence-electron chi connectivity index (χ3n) is 1.69. The van der Waals surface area contributed by atoms with Crippen molar-refractivity contribution in [3.8, 4) is 0 Å². The Hall–Kier alpha value is -1.03. The second-order valence-corrected chi connectivity index (χ2v) is 2.45. The van der Waals surface area contributed by atoms with E-state index in [9.17, 15) is 0 Å². The monoisotopic (exact) mass is 138 g/mol. The second kappa shape index (κ2) is 1.98. The van der Waals surface area contributed by atoms with Crippen LogP contribution in [0.2, 0.25) is 0 Å². The zero-order valence-corrected chi connectivity index (χ0v) is 5.67. The molecule has 0 aromatic carbocycles. The van der Waals surface area contributed by atoms with Crippen LogP contribution in [0.5, 0.6) is 0 Å². The summed E-state index contributed by atoms with van der Waals surface area (Å²) in [6.07, 6.45) is 1.89. The molecule has 1 aliphatic rings. The minimum absolute atomic E-state index is 0.624. The fourth-order valence-electron chi connectivity index (χ4n) is 1.21. The van der Waals surface area contributed by atoms with E-state index in [0.717, 1.165) is 25.5 Å². The summed E-state index contributed by atoms with van der Waals surface area (Å²) in [7, 11) is 0. The third-order valence-corrected chi connectivity index (χ3v) is 1.69. The Morgan fingerprint density at radius 2 is 2.60 bits per heavy atom. The van der Waals surface area contributed by atoms with Gasteiger partial charge in [0.1, 0.15) is 11.6 Å². The zero-order chi connectivity index (χ0) is 6.97. The first kappa shape index (κ1) is 5.73. The molecule has 0 amide bonds. The lowest BCUT2D eigenvalue weighted by atomic mass is 10.4. The normalized spacial score (nSPS) is 16.8. The lowest BCUT2D eigenvalue weighted by molar-refractivity contribution is 0.505. The van der Waals surface area contributed by atoms with Gasteiger partial charge in [0.05, 0.1) is 6.54 Å². The number of hydrogen-bond acceptors (Lipinski definition) is 3. The van der Waals surface area contributed by atoms with Crippen LogP contribution in [-0.4, -0.2) is 16.1 Å². The molecule has 1 aromatic heterocycles. The van der Waals surface area contributed by atoms with E-state index in [0.29, 0.717) is 5.82 Å². The van der Waals surface area contributed by atoms with Crippen LogP contribution in [0.3, 0.4) is 0 Å². The molecule has 0 aliphatic carbocycles. The lowest BCUT2D eigenvalue weighted by Crippen LogP contribution is -2.27. The number of anilines is 1. The molecule has 0 bridgehead atoms. The average molecular weight is 138 g/mol. The summed E-state index contributed by atoms with van der Waals surface area (Å²) in [4.78, 5) is 4.13. The largest absolute Gasteiger partial charge is 0.382 e. The summed E-state index contributed by atoms with van der Waals surface area (Å²) in [5.74, 6) is 1.67. The molecule has 0 saturated carbocycles. The molecule has 1 aromatic rings. The third kappa shape index (κ3) is 0.769. The summed E-state index contributed by atoms with van der Waals surface area (Å²) in [5.41, 5.74) is 5.50. The van der Waals surface area contributed by atoms with Crippen molar-refractivity contribution < 1.29 is 0 Å². The second-order valence-electron chi connectivity index (χ2n) is 2.45. The molecule has 0 spiro atoms. The van der Waals surface area contributed by atoms with Crippen molar-refractivity contribution in [2.75, 3.05) is 12.3 Å². The molecule has 54 valence electrons. The highest BCUT2D eigenvalue weighted by Crippen LogP contribution is 2.06. The highest BCUT2D eigenvalue weighted by Gasteiger charge is 2.08. The first-order valence-electron chi connectivity index (χ1n) is 3.38. The highest BCUT2D eigenvalue weighted by atomic mass is 15.2. The number of aromatic nitrogens is 2. The minimum Gasteiger partial charge on any atom is -0.382 e. The SMILES string of the molecule is Nc1cn2c(n1)CNCC2. The van der Waals surface area contributed by atoms with Crippen molar-refractivity contribution in [2.45, 2.75) is 13.1 Å². The fraction of sp³-hybridized carbons (Fsp3) is 0.500. The van der Waals surface area contributed by atoms with E-state index >= 15 is 0 Å². The van der Waals surface area contributed by atoms with Gasteiger partial charge in [-0.1, -0.05) is 0 Å². The summed E-state index contributed by atoms with van der Waals surface area (Å²) in [5, 5.41) is 3.22. The van der Waals surface area contributed by atoms with Gasteiger partial charge in [0.15, 0.2) is 0 Å². The number of nitrogen functional groups attached to an aromatic ring is 1. The number of nitrogens with zero attached hydrogens (tertiary/aromatic N) is 2. The topological polar surface area (TPSA) is 55.9 Å². The predicted molar refractivity (Wildman–Crippen MR) is 38.3 cm³/mol. The number of fused-ring (bicyclic) bond motifs is 1. The first-order chi connectivity index (χ1) is 4.86. The first-order valence-corrected chi connectivity index (χ1v) is 3.38. The minimum atomic E-state index is 0.624. The molecule has 3 N–H and O–H groups in total. The van der Waals surface area contributed by atoms with Crippen molar-refractivity contribution >= 4 is 5.82 Å². The van der Waals surface area contributed by atoms with E-state index in [1.54, 1.807) is 0 Å². The predicted octanol–water partition coefficient (Wildman–Crippen LogP) is -0.431. The standard InChI is InChI=1S/C6H10N4/c7-5-4-10-2-1-8-3-6(10)9-5/h4,8H,1-3,7H2. The molecule has 0 radical (unpaired) electrons. The number of nitrogens with two attached hydrogens (primary N) is 1. The van der Waals surface area contributed by atoms with Gasteiger partial charge in [-0.2, -0.15) is 0 Å². The van der Waals surface area contributed by atoms with Gasteiger partial charge in [-0.05, 0) is 0 Å². The Bertz CT molecular complexity index is 216. The van der Waals surface area contributed by atoms with Crippen LogP contribution in [0.1, 0.15) is 5.82 Å². The van der Waals surface area contributed by atoms with Crippen LogP contribution >= 0.6 is 0 Å². The van der Waals surface area contributed by atoms with Crippen molar-refractivity contribution in [3.63, 3.8) is 0 Å². The summed E-state index contributed by atoms with van der Waals surface area (Å²) >= 11 is 0. The number of rotatable bonds is 0. The molecule has 4 nitrogen and oxygen atoms in total. The number of nitrogens with one attached hydrogen (secondary N) is 1. The molecule has 10 heavy (non-hydrogen) atoms. The molecule has 0 fully saturated rings. The van der Waals surface area contributed by atoms with E-state index in [4.69, 9.17) is 5.73 Å². The van der Waals surface area contributed by atoms with Crippen molar-refractivity contribution in [1.29, 1.82) is 0 Å². The lowest BCUT2D eigenvalue weighted by Gasteiger charge is -2.13. The van der Waals surface area contributed by atoms with Gasteiger partial charge in [-0.15, -0.1) is 0 Å².